The quantitative estimate of drug-likeness (QED) is 0.630. The van der Waals surface area contributed by atoms with Gasteiger partial charge in [-0.15, -0.1) is 11.8 Å². The number of hydrogen-bond donors (Lipinski definition) is 1. The van der Waals surface area contributed by atoms with Crippen molar-refractivity contribution in [1.29, 1.82) is 0 Å². The molecule has 0 bridgehead atoms. The van der Waals surface area contributed by atoms with Gasteiger partial charge in [0.15, 0.2) is 0 Å². The highest BCUT2D eigenvalue weighted by Crippen LogP contribution is 2.11. The summed E-state index contributed by atoms with van der Waals surface area (Å²) in [5.74, 6) is -0.272. The van der Waals surface area contributed by atoms with Gasteiger partial charge in [-0.2, -0.15) is 0 Å². The fourth-order valence-electron chi connectivity index (χ4n) is 0.724. The van der Waals surface area contributed by atoms with Gasteiger partial charge in [-0.05, 0) is 6.92 Å². The molecule has 0 atom stereocenters. The molecule has 0 fully saturated rings. The first-order chi connectivity index (χ1) is 5.74. The largest absolute Gasteiger partial charge is 0.461 e. The molecular weight excluding hydrogens is 178 g/mol. The summed E-state index contributed by atoms with van der Waals surface area (Å²) in [6.45, 7) is 2.03. The predicted molar refractivity (Wildman–Crippen MR) is 45.3 cm³/mol. The Kier molecular flexibility index (Phi) is 3.16. The standard InChI is InChI=1S/C7H9NO3S/c1-2-11-7(10)5-3-12-4-6(9)8-5/h3H,2,4H2,1H3,(H,8,9). The van der Waals surface area contributed by atoms with Crippen molar-refractivity contribution >= 4 is 23.6 Å². The molecule has 0 aromatic carbocycles. The van der Waals surface area contributed by atoms with Crippen LogP contribution in [0.1, 0.15) is 6.92 Å². The molecule has 0 radical (unpaired) electrons. The van der Waals surface area contributed by atoms with Gasteiger partial charge in [0.2, 0.25) is 5.91 Å². The lowest BCUT2D eigenvalue weighted by Gasteiger charge is -2.11. The number of rotatable bonds is 2. The van der Waals surface area contributed by atoms with Crippen LogP contribution >= 0.6 is 11.8 Å². The zero-order valence-electron chi connectivity index (χ0n) is 6.62. The molecular formula is C7H9NO3S. The summed E-state index contributed by atoms with van der Waals surface area (Å²) in [6.07, 6.45) is 0. The Morgan fingerprint density at radius 2 is 2.58 bits per heavy atom. The predicted octanol–water partition coefficient (Wildman–Crippen LogP) is 0.254. The SMILES string of the molecule is CCOC(=O)C1=CSCC(=O)N1. The average Bonchev–Trinajstić information content (AvgIpc) is 2.05. The van der Waals surface area contributed by atoms with Gasteiger partial charge >= 0.3 is 5.97 Å². The Balaban J connectivity index is 2.56. The van der Waals surface area contributed by atoms with Crippen LogP contribution in [0.2, 0.25) is 0 Å². The van der Waals surface area contributed by atoms with E-state index in [9.17, 15) is 9.59 Å². The highest BCUT2D eigenvalue weighted by Gasteiger charge is 2.17. The molecule has 0 saturated carbocycles. The first kappa shape index (κ1) is 9.12. The maximum atomic E-state index is 11.0. The van der Waals surface area contributed by atoms with Gasteiger partial charge < -0.3 is 10.1 Å². The number of amides is 1. The van der Waals surface area contributed by atoms with E-state index in [0.29, 0.717) is 12.4 Å². The van der Waals surface area contributed by atoms with Gasteiger partial charge in [0, 0.05) is 5.41 Å². The van der Waals surface area contributed by atoms with Crippen molar-refractivity contribution in [3.63, 3.8) is 0 Å². The summed E-state index contributed by atoms with van der Waals surface area (Å²) in [6, 6.07) is 0. The number of carbonyl (C=O) groups excluding carboxylic acids is 2. The molecule has 5 heteroatoms. The summed E-state index contributed by atoms with van der Waals surface area (Å²) >= 11 is 1.29. The van der Waals surface area contributed by atoms with Crippen molar-refractivity contribution in [1.82, 2.24) is 5.32 Å². The molecule has 1 aliphatic heterocycles. The third-order valence-corrected chi connectivity index (χ3v) is 2.02. The van der Waals surface area contributed by atoms with Crippen LogP contribution in [-0.2, 0) is 14.3 Å². The van der Waals surface area contributed by atoms with Gasteiger partial charge in [0.1, 0.15) is 5.70 Å². The zero-order chi connectivity index (χ0) is 8.97. The lowest BCUT2D eigenvalue weighted by atomic mass is 10.4. The normalized spacial score (nSPS) is 16.4. The second-order valence-corrected chi connectivity index (χ2v) is 2.97. The van der Waals surface area contributed by atoms with E-state index >= 15 is 0 Å². The molecule has 1 heterocycles. The maximum absolute atomic E-state index is 11.0. The number of thioether (sulfide) groups is 1. The monoisotopic (exact) mass is 187 g/mol. The molecule has 0 aromatic heterocycles. The Morgan fingerprint density at radius 1 is 1.83 bits per heavy atom. The number of carbonyl (C=O) groups is 2. The van der Waals surface area contributed by atoms with E-state index in [1.807, 2.05) is 0 Å². The molecule has 1 aliphatic rings. The summed E-state index contributed by atoms with van der Waals surface area (Å²) in [5, 5.41) is 4.02. The van der Waals surface area contributed by atoms with E-state index in [4.69, 9.17) is 4.74 Å². The molecule has 1 amide bonds. The van der Waals surface area contributed by atoms with Crippen molar-refractivity contribution in [2.45, 2.75) is 6.92 Å². The first-order valence-corrected chi connectivity index (χ1v) is 4.57. The van der Waals surface area contributed by atoms with Crippen molar-refractivity contribution < 1.29 is 14.3 Å². The Labute approximate surface area is 74.3 Å². The molecule has 12 heavy (non-hydrogen) atoms. The Bertz CT molecular complexity index is 237. The second kappa shape index (κ2) is 4.15. The molecule has 0 unspecified atom stereocenters. The van der Waals surface area contributed by atoms with E-state index in [1.54, 1.807) is 12.3 Å². The van der Waals surface area contributed by atoms with Crippen LogP contribution in [0.15, 0.2) is 11.1 Å². The fourth-order valence-corrected chi connectivity index (χ4v) is 1.35. The number of ether oxygens (including phenoxy) is 1. The van der Waals surface area contributed by atoms with Gasteiger partial charge in [-0.25, -0.2) is 4.79 Å². The van der Waals surface area contributed by atoms with Crippen LogP contribution in [-0.4, -0.2) is 24.2 Å². The smallest absolute Gasteiger partial charge is 0.355 e. The zero-order valence-corrected chi connectivity index (χ0v) is 7.44. The number of nitrogens with one attached hydrogen (secondary N) is 1. The minimum atomic E-state index is -0.474. The van der Waals surface area contributed by atoms with Crippen molar-refractivity contribution in [3.8, 4) is 0 Å². The second-order valence-electron chi connectivity index (χ2n) is 2.11. The van der Waals surface area contributed by atoms with E-state index in [2.05, 4.69) is 5.32 Å². The topological polar surface area (TPSA) is 55.4 Å². The lowest BCUT2D eigenvalue weighted by Crippen LogP contribution is -2.32. The van der Waals surface area contributed by atoms with Crippen molar-refractivity contribution in [2.75, 3.05) is 12.4 Å². The van der Waals surface area contributed by atoms with E-state index in [1.165, 1.54) is 11.8 Å². The van der Waals surface area contributed by atoms with Gasteiger partial charge in [0.25, 0.3) is 0 Å². The fraction of sp³-hybridized carbons (Fsp3) is 0.429. The van der Waals surface area contributed by atoms with E-state index in [0.717, 1.165) is 0 Å². The molecule has 0 aliphatic carbocycles. The summed E-state index contributed by atoms with van der Waals surface area (Å²) < 4.78 is 4.69. The van der Waals surface area contributed by atoms with Gasteiger partial charge in [0.05, 0.1) is 12.4 Å². The minimum absolute atomic E-state index is 0.162. The lowest BCUT2D eigenvalue weighted by molar-refractivity contribution is -0.139. The highest BCUT2D eigenvalue weighted by atomic mass is 32.2. The molecule has 0 saturated heterocycles. The molecule has 1 N–H and O–H groups in total. The van der Waals surface area contributed by atoms with Crippen LogP contribution in [0.3, 0.4) is 0 Å². The van der Waals surface area contributed by atoms with Crippen LogP contribution in [0.4, 0.5) is 0 Å². The highest BCUT2D eigenvalue weighted by molar-refractivity contribution is 8.02. The molecule has 1 rings (SSSR count). The van der Waals surface area contributed by atoms with E-state index < -0.39 is 5.97 Å². The minimum Gasteiger partial charge on any atom is -0.461 e. The summed E-state index contributed by atoms with van der Waals surface area (Å²) in [5.41, 5.74) is 0.234. The average molecular weight is 187 g/mol. The van der Waals surface area contributed by atoms with Crippen LogP contribution < -0.4 is 5.32 Å². The van der Waals surface area contributed by atoms with Gasteiger partial charge in [-0.3, -0.25) is 4.79 Å². The number of esters is 1. The van der Waals surface area contributed by atoms with Crippen LogP contribution in [0.5, 0.6) is 0 Å². The summed E-state index contributed by atoms with van der Waals surface area (Å²) in [4.78, 5) is 21.8. The van der Waals surface area contributed by atoms with Gasteiger partial charge in [-0.1, -0.05) is 0 Å². The first-order valence-electron chi connectivity index (χ1n) is 3.52. The van der Waals surface area contributed by atoms with E-state index in [-0.39, 0.29) is 11.6 Å². The van der Waals surface area contributed by atoms with Crippen LogP contribution in [0.25, 0.3) is 0 Å². The summed E-state index contributed by atoms with van der Waals surface area (Å²) in [7, 11) is 0. The third kappa shape index (κ3) is 2.27. The molecule has 66 valence electrons. The van der Waals surface area contributed by atoms with Crippen molar-refractivity contribution in [2.24, 2.45) is 0 Å². The Morgan fingerprint density at radius 3 is 3.17 bits per heavy atom. The number of hydrogen-bond acceptors (Lipinski definition) is 4. The molecule has 0 aromatic rings. The van der Waals surface area contributed by atoms with Crippen LogP contribution in [0, 0.1) is 0 Å². The molecule has 4 nitrogen and oxygen atoms in total. The maximum Gasteiger partial charge on any atom is 0.355 e. The van der Waals surface area contributed by atoms with Crippen molar-refractivity contribution in [3.05, 3.63) is 11.1 Å². The third-order valence-electron chi connectivity index (χ3n) is 1.19. The molecule has 0 spiro atoms. The Hall–Kier alpha value is -0.970.